The van der Waals surface area contributed by atoms with Crippen molar-refractivity contribution in [2.24, 2.45) is 5.73 Å². The number of hydrogen-bond acceptors (Lipinski definition) is 3. The van der Waals surface area contributed by atoms with Gasteiger partial charge in [-0.2, -0.15) is 0 Å². The Morgan fingerprint density at radius 2 is 2.00 bits per heavy atom. The quantitative estimate of drug-likeness (QED) is 0.833. The van der Waals surface area contributed by atoms with Crippen LogP contribution in [0.3, 0.4) is 0 Å². The number of carbonyl (C=O) groups excluding carboxylic acids is 1. The van der Waals surface area contributed by atoms with E-state index >= 15 is 0 Å². The molecule has 0 bridgehead atoms. The summed E-state index contributed by atoms with van der Waals surface area (Å²) in [6, 6.07) is 6.98. The SMILES string of the molecule is COc1ccccc1C(=O)NC(C)(C)C(C)N. The van der Waals surface area contributed by atoms with E-state index in [9.17, 15) is 4.79 Å². The Hall–Kier alpha value is -1.55. The molecule has 4 heteroatoms. The van der Waals surface area contributed by atoms with E-state index in [1.54, 1.807) is 25.3 Å². The molecule has 0 spiro atoms. The van der Waals surface area contributed by atoms with Crippen LogP contribution < -0.4 is 15.8 Å². The van der Waals surface area contributed by atoms with Crippen LogP contribution in [0.2, 0.25) is 0 Å². The van der Waals surface area contributed by atoms with E-state index in [2.05, 4.69) is 5.32 Å². The van der Waals surface area contributed by atoms with E-state index in [1.165, 1.54) is 0 Å². The molecule has 1 aromatic carbocycles. The Balaban J connectivity index is 2.91. The molecular formula is C13H20N2O2. The van der Waals surface area contributed by atoms with Crippen molar-refractivity contribution < 1.29 is 9.53 Å². The lowest BCUT2D eigenvalue weighted by molar-refractivity contribution is 0.0900. The second-order valence-electron chi connectivity index (χ2n) is 4.66. The van der Waals surface area contributed by atoms with Gasteiger partial charge in [-0.15, -0.1) is 0 Å². The second kappa shape index (κ2) is 5.19. The van der Waals surface area contributed by atoms with Crippen molar-refractivity contribution >= 4 is 5.91 Å². The van der Waals surface area contributed by atoms with E-state index in [-0.39, 0.29) is 11.9 Å². The first-order valence-electron chi connectivity index (χ1n) is 5.59. The van der Waals surface area contributed by atoms with Crippen LogP contribution in [-0.2, 0) is 0 Å². The first kappa shape index (κ1) is 13.5. The summed E-state index contributed by atoms with van der Waals surface area (Å²) in [5, 5.41) is 2.90. The third-order valence-corrected chi connectivity index (χ3v) is 2.93. The molecule has 94 valence electrons. The van der Waals surface area contributed by atoms with Crippen molar-refractivity contribution in [1.29, 1.82) is 0 Å². The summed E-state index contributed by atoms with van der Waals surface area (Å²) in [4.78, 5) is 12.1. The third kappa shape index (κ3) is 3.20. The summed E-state index contributed by atoms with van der Waals surface area (Å²) < 4.78 is 5.15. The van der Waals surface area contributed by atoms with Gasteiger partial charge in [0.05, 0.1) is 12.7 Å². The predicted molar refractivity (Wildman–Crippen MR) is 68.2 cm³/mol. The highest BCUT2D eigenvalue weighted by molar-refractivity contribution is 5.97. The Bertz CT molecular complexity index is 400. The average molecular weight is 236 g/mol. The molecule has 1 aromatic rings. The zero-order valence-electron chi connectivity index (χ0n) is 10.8. The van der Waals surface area contributed by atoms with Gasteiger partial charge in [-0.25, -0.2) is 0 Å². The van der Waals surface area contributed by atoms with Crippen molar-refractivity contribution in [3.05, 3.63) is 29.8 Å². The van der Waals surface area contributed by atoms with Gasteiger partial charge in [0.1, 0.15) is 5.75 Å². The zero-order chi connectivity index (χ0) is 13.1. The molecule has 1 atom stereocenters. The highest BCUT2D eigenvalue weighted by Gasteiger charge is 2.26. The van der Waals surface area contributed by atoms with Crippen molar-refractivity contribution in [2.45, 2.75) is 32.4 Å². The number of nitrogens with one attached hydrogen (secondary N) is 1. The standard InChI is InChI=1S/C13H20N2O2/c1-9(14)13(2,3)15-12(16)10-7-5-6-8-11(10)17-4/h5-9H,14H2,1-4H3,(H,15,16). The van der Waals surface area contributed by atoms with Crippen LogP contribution >= 0.6 is 0 Å². The number of methoxy groups -OCH3 is 1. The van der Waals surface area contributed by atoms with Gasteiger partial charge >= 0.3 is 0 Å². The Labute approximate surface area is 102 Å². The maximum absolute atomic E-state index is 12.1. The van der Waals surface area contributed by atoms with Gasteiger partial charge in [0.25, 0.3) is 5.91 Å². The highest BCUT2D eigenvalue weighted by atomic mass is 16.5. The van der Waals surface area contributed by atoms with Crippen LogP contribution in [0.15, 0.2) is 24.3 Å². The topological polar surface area (TPSA) is 64.3 Å². The summed E-state index contributed by atoms with van der Waals surface area (Å²) in [5.41, 5.74) is 5.88. The number of amides is 1. The van der Waals surface area contributed by atoms with Gasteiger partial charge in [-0.3, -0.25) is 4.79 Å². The number of para-hydroxylation sites is 1. The van der Waals surface area contributed by atoms with Gasteiger partial charge in [0.2, 0.25) is 0 Å². The number of nitrogens with two attached hydrogens (primary N) is 1. The van der Waals surface area contributed by atoms with Crippen LogP contribution in [0.1, 0.15) is 31.1 Å². The van der Waals surface area contributed by atoms with E-state index < -0.39 is 5.54 Å². The molecule has 0 aliphatic carbocycles. The van der Waals surface area contributed by atoms with Crippen LogP contribution in [0, 0.1) is 0 Å². The molecule has 1 amide bonds. The van der Waals surface area contributed by atoms with Crippen molar-refractivity contribution in [2.75, 3.05) is 7.11 Å². The predicted octanol–water partition coefficient (Wildman–Crippen LogP) is 1.55. The first-order valence-corrected chi connectivity index (χ1v) is 5.59. The number of hydrogen-bond donors (Lipinski definition) is 2. The lowest BCUT2D eigenvalue weighted by Crippen LogP contribution is -2.54. The maximum Gasteiger partial charge on any atom is 0.255 e. The fourth-order valence-corrected chi connectivity index (χ4v) is 1.31. The van der Waals surface area contributed by atoms with Crippen molar-refractivity contribution in [3.8, 4) is 5.75 Å². The maximum atomic E-state index is 12.1. The molecule has 0 saturated carbocycles. The monoisotopic (exact) mass is 236 g/mol. The van der Waals surface area contributed by atoms with Crippen LogP contribution in [0.4, 0.5) is 0 Å². The zero-order valence-corrected chi connectivity index (χ0v) is 10.8. The van der Waals surface area contributed by atoms with Crippen LogP contribution in [0.25, 0.3) is 0 Å². The first-order chi connectivity index (χ1) is 7.88. The van der Waals surface area contributed by atoms with Gasteiger partial charge in [0, 0.05) is 11.6 Å². The average Bonchev–Trinajstić information content (AvgIpc) is 2.28. The third-order valence-electron chi connectivity index (χ3n) is 2.93. The lowest BCUT2D eigenvalue weighted by Gasteiger charge is -2.30. The van der Waals surface area contributed by atoms with E-state index in [0.717, 1.165) is 0 Å². The Morgan fingerprint density at radius 3 is 2.53 bits per heavy atom. The van der Waals surface area contributed by atoms with Crippen LogP contribution in [0.5, 0.6) is 5.75 Å². The number of ether oxygens (including phenoxy) is 1. The summed E-state index contributed by atoms with van der Waals surface area (Å²) in [6.45, 7) is 5.65. The lowest BCUT2D eigenvalue weighted by atomic mass is 9.96. The molecule has 0 radical (unpaired) electrons. The van der Waals surface area contributed by atoms with Crippen molar-refractivity contribution in [1.82, 2.24) is 5.32 Å². The molecule has 4 nitrogen and oxygen atoms in total. The van der Waals surface area contributed by atoms with E-state index in [0.29, 0.717) is 11.3 Å². The summed E-state index contributed by atoms with van der Waals surface area (Å²) >= 11 is 0. The molecular weight excluding hydrogens is 216 g/mol. The van der Waals surface area contributed by atoms with Crippen LogP contribution in [-0.4, -0.2) is 24.6 Å². The summed E-state index contributed by atoms with van der Waals surface area (Å²) in [7, 11) is 1.54. The minimum Gasteiger partial charge on any atom is -0.496 e. The molecule has 1 rings (SSSR count). The number of benzene rings is 1. The van der Waals surface area contributed by atoms with E-state index in [1.807, 2.05) is 26.8 Å². The summed E-state index contributed by atoms with van der Waals surface area (Å²) in [5.74, 6) is 0.384. The molecule has 3 N–H and O–H groups in total. The fourth-order valence-electron chi connectivity index (χ4n) is 1.31. The summed E-state index contributed by atoms with van der Waals surface area (Å²) in [6.07, 6.45) is 0. The van der Waals surface area contributed by atoms with Gasteiger partial charge in [-0.1, -0.05) is 12.1 Å². The molecule has 1 unspecified atom stereocenters. The van der Waals surface area contributed by atoms with Crippen molar-refractivity contribution in [3.63, 3.8) is 0 Å². The number of carbonyl (C=O) groups is 1. The Morgan fingerprint density at radius 1 is 1.41 bits per heavy atom. The van der Waals surface area contributed by atoms with E-state index in [4.69, 9.17) is 10.5 Å². The molecule has 0 fully saturated rings. The molecule has 0 saturated heterocycles. The molecule has 0 aliphatic heterocycles. The minimum atomic E-state index is -0.460. The number of rotatable bonds is 4. The molecule has 0 aromatic heterocycles. The Kier molecular flexibility index (Phi) is 4.12. The minimum absolute atomic E-state index is 0.138. The fraction of sp³-hybridized carbons (Fsp3) is 0.462. The van der Waals surface area contributed by atoms with Gasteiger partial charge < -0.3 is 15.8 Å². The normalized spacial score (nSPS) is 13.0. The van der Waals surface area contributed by atoms with Gasteiger partial charge in [0.15, 0.2) is 0 Å². The molecule has 0 heterocycles. The highest BCUT2D eigenvalue weighted by Crippen LogP contribution is 2.18. The second-order valence-corrected chi connectivity index (χ2v) is 4.66. The largest absolute Gasteiger partial charge is 0.496 e. The van der Waals surface area contributed by atoms with Gasteiger partial charge in [-0.05, 0) is 32.9 Å². The molecule has 17 heavy (non-hydrogen) atoms. The smallest absolute Gasteiger partial charge is 0.255 e. The molecule has 0 aliphatic rings.